The molecule has 1 N–H and O–H groups in total. The Morgan fingerprint density at radius 2 is 2.00 bits per heavy atom. The van der Waals surface area contributed by atoms with Gasteiger partial charge in [-0.05, 0) is 45.4 Å². The number of likely N-dealkylation sites (N-methyl/N-ethyl adjacent to an activating group) is 1. The van der Waals surface area contributed by atoms with Crippen LogP contribution >= 0.6 is 0 Å². The maximum atomic E-state index is 13.1. The minimum absolute atomic E-state index is 0.294. The number of hydrogen-bond donors (Lipinski definition) is 1. The SMILES string of the molecule is CCN(CC)C1CCN(C(=O)C2(COC)CCNCC2)C1. The van der Waals surface area contributed by atoms with Crippen LogP contribution in [0.2, 0.25) is 0 Å². The van der Waals surface area contributed by atoms with Crippen molar-refractivity contribution in [3.63, 3.8) is 0 Å². The van der Waals surface area contributed by atoms with E-state index in [-0.39, 0.29) is 5.41 Å². The smallest absolute Gasteiger partial charge is 0.231 e. The van der Waals surface area contributed by atoms with Crippen LogP contribution in [-0.4, -0.2) is 74.7 Å². The van der Waals surface area contributed by atoms with Gasteiger partial charge < -0.3 is 15.0 Å². The molecule has 2 aliphatic rings. The van der Waals surface area contributed by atoms with Crippen molar-refractivity contribution in [2.24, 2.45) is 5.41 Å². The molecule has 0 bridgehead atoms. The van der Waals surface area contributed by atoms with Crippen molar-refractivity contribution in [1.82, 2.24) is 15.1 Å². The number of rotatable bonds is 6. The molecule has 2 saturated heterocycles. The van der Waals surface area contributed by atoms with Crippen molar-refractivity contribution >= 4 is 5.91 Å². The Morgan fingerprint density at radius 1 is 1.33 bits per heavy atom. The number of methoxy groups -OCH3 is 1. The van der Waals surface area contributed by atoms with Gasteiger partial charge in [0, 0.05) is 26.2 Å². The standard InChI is InChI=1S/C16H31N3O2/c1-4-18(5-2)14-6-11-19(12-14)15(20)16(13-21-3)7-9-17-10-8-16/h14,17H,4-13H2,1-3H3. The quantitative estimate of drug-likeness (QED) is 0.793. The zero-order valence-electron chi connectivity index (χ0n) is 13.9. The summed E-state index contributed by atoms with van der Waals surface area (Å²) < 4.78 is 5.40. The van der Waals surface area contributed by atoms with Gasteiger partial charge in [-0.25, -0.2) is 0 Å². The first-order valence-corrected chi connectivity index (χ1v) is 8.40. The highest BCUT2D eigenvalue weighted by atomic mass is 16.5. The molecule has 2 rings (SSSR count). The van der Waals surface area contributed by atoms with Crippen LogP contribution in [-0.2, 0) is 9.53 Å². The summed E-state index contributed by atoms with van der Waals surface area (Å²) in [6.07, 6.45) is 2.90. The number of likely N-dealkylation sites (tertiary alicyclic amines) is 1. The second kappa shape index (κ2) is 7.56. The molecule has 0 saturated carbocycles. The van der Waals surface area contributed by atoms with E-state index in [0.29, 0.717) is 18.6 Å². The summed E-state index contributed by atoms with van der Waals surface area (Å²) in [6.45, 7) is 10.7. The molecule has 0 radical (unpaired) electrons. The number of nitrogens with zero attached hydrogens (tertiary/aromatic N) is 2. The lowest BCUT2D eigenvalue weighted by Gasteiger charge is -2.38. The molecule has 1 amide bonds. The normalized spacial score (nSPS) is 25.5. The topological polar surface area (TPSA) is 44.8 Å². The number of amides is 1. The molecule has 21 heavy (non-hydrogen) atoms. The molecule has 2 heterocycles. The van der Waals surface area contributed by atoms with E-state index in [4.69, 9.17) is 4.74 Å². The van der Waals surface area contributed by atoms with E-state index in [1.54, 1.807) is 7.11 Å². The summed E-state index contributed by atoms with van der Waals surface area (Å²) in [5, 5.41) is 3.35. The summed E-state index contributed by atoms with van der Waals surface area (Å²) in [7, 11) is 1.71. The number of carbonyl (C=O) groups excluding carboxylic acids is 1. The Balaban J connectivity index is 2.01. The average molecular weight is 297 g/mol. The molecule has 0 aromatic carbocycles. The number of nitrogens with one attached hydrogen (secondary N) is 1. The van der Waals surface area contributed by atoms with E-state index in [9.17, 15) is 4.79 Å². The fourth-order valence-corrected chi connectivity index (χ4v) is 3.90. The second-order valence-corrected chi connectivity index (χ2v) is 6.38. The predicted octanol–water partition coefficient (Wildman–Crippen LogP) is 0.945. The van der Waals surface area contributed by atoms with Gasteiger partial charge in [0.1, 0.15) is 0 Å². The van der Waals surface area contributed by atoms with Crippen LogP contribution < -0.4 is 5.32 Å². The van der Waals surface area contributed by atoms with Gasteiger partial charge in [-0.15, -0.1) is 0 Å². The Kier molecular flexibility index (Phi) is 6.02. The van der Waals surface area contributed by atoms with Crippen LogP contribution in [0, 0.1) is 5.41 Å². The summed E-state index contributed by atoms with van der Waals surface area (Å²) in [6, 6.07) is 0.533. The third-order valence-electron chi connectivity index (χ3n) is 5.21. The Bertz CT molecular complexity index is 333. The van der Waals surface area contributed by atoms with Crippen molar-refractivity contribution in [3.8, 4) is 0 Å². The summed E-state index contributed by atoms with van der Waals surface area (Å²) in [5.74, 6) is 0.320. The van der Waals surface area contributed by atoms with Crippen molar-refractivity contribution in [1.29, 1.82) is 0 Å². The van der Waals surface area contributed by atoms with Gasteiger partial charge in [-0.3, -0.25) is 9.69 Å². The molecular formula is C16H31N3O2. The first kappa shape index (κ1) is 16.7. The van der Waals surface area contributed by atoms with E-state index in [1.165, 1.54) is 0 Å². The number of carbonyl (C=O) groups is 1. The molecule has 0 aliphatic carbocycles. The van der Waals surface area contributed by atoms with E-state index in [1.807, 2.05) is 0 Å². The van der Waals surface area contributed by atoms with Crippen LogP contribution in [0.3, 0.4) is 0 Å². The van der Waals surface area contributed by atoms with Crippen molar-refractivity contribution < 1.29 is 9.53 Å². The number of piperidine rings is 1. The number of ether oxygens (including phenoxy) is 1. The largest absolute Gasteiger partial charge is 0.384 e. The first-order valence-electron chi connectivity index (χ1n) is 8.40. The van der Waals surface area contributed by atoms with Crippen molar-refractivity contribution in [2.75, 3.05) is 53.0 Å². The van der Waals surface area contributed by atoms with Crippen LogP contribution in [0.25, 0.3) is 0 Å². The van der Waals surface area contributed by atoms with Gasteiger partial charge in [0.2, 0.25) is 5.91 Å². The fraction of sp³-hybridized carbons (Fsp3) is 0.938. The second-order valence-electron chi connectivity index (χ2n) is 6.38. The molecule has 1 atom stereocenters. The van der Waals surface area contributed by atoms with E-state index >= 15 is 0 Å². The molecule has 0 aromatic heterocycles. The lowest BCUT2D eigenvalue weighted by atomic mass is 9.78. The molecule has 5 heteroatoms. The van der Waals surface area contributed by atoms with Gasteiger partial charge in [-0.1, -0.05) is 13.8 Å². The monoisotopic (exact) mass is 297 g/mol. The molecule has 5 nitrogen and oxygen atoms in total. The zero-order chi connectivity index (χ0) is 15.3. The van der Waals surface area contributed by atoms with Gasteiger partial charge in [0.15, 0.2) is 0 Å². The Hall–Kier alpha value is -0.650. The van der Waals surface area contributed by atoms with E-state index < -0.39 is 0 Å². The van der Waals surface area contributed by atoms with Crippen molar-refractivity contribution in [3.05, 3.63) is 0 Å². The van der Waals surface area contributed by atoms with E-state index in [0.717, 1.165) is 58.5 Å². The fourth-order valence-electron chi connectivity index (χ4n) is 3.90. The van der Waals surface area contributed by atoms with Gasteiger partial charge in [0.25, 0.3) is 0 Å². The molecule has 0 aromatic rings. The maximum Gasteiger partial charge on any atom is 0.231 e. The van der Waals surface area contributed by atoms with Gasteiger partial charge in [-0.2, -0.15) is 0 Å². The zero-order valence-corrected chi connectivity index (χ0v) is 13.9. The summed E-state index contributed by atoms with van der Waals surface area (Å²) in [4.78, 5) is 17.6. The first-order chi connectivity index (χ1) is 10.2. The van der Waals surface area contributed by atoms with Crippen LogP contribution in [0.4, 0.5) is 0 Å². The lowest BCUT2D eigenvalue weighted by Crippen LogP contribution is -2.51. The highest BCUT2D eigenvalue weighted by Crippen LogP contribution is 2.33. The van der Waals surface area contributed by atoms with Crippen LogP contribution in [0.5, 0.6) is 0 Å². The average Bonchev–Trinajstić information content (AvgIpc) is 2.99. The maximum absolute atomic E-state index is 13.1. The minimum Gasteiger partial charge on any atom is -0.384 e. The predicted molar refractivity (Wildman–Crippen MR) is 84.3 cm³/mol. The van der Waals surface area contributed by atoms with Crippen LogP contribution in [0.1, 0.15) is 33.1 Å². The summed E-state index contributed by atoms with van der Waals surface area (Å²) >= 11 is 0. The number of hydrogen-bond acceptors (Lipinski definition) is 4. The Morgan fingerprint density at radius 3 is 2.57 bits per heavy atom. The molecule has 2 aliphatic heterocycles. The third-order valence-corrected chi connectivity index (χ3v) is 5.21. The molecule has 122 valence electrons. The molecule has 0 spiro atoms. The van der Waals surface area contributed by atoms with Gasteiger partial charge >= 0.3 is 0 Å². The van der Waals surface area contributed by atoms with Crippen LogP contribution in [0.15, 0.2) is 0 Å². The summed E-state index contributed by atoms with van der Waals surface area (Å²) in [5.41, 5.74) is -0.294. The van der Waals surface area contributed by atoms with E-state index in [2.05, 4.69) is 29.0 Å². The van der Waals surface area contributed by atoms with Crippen molar-refractivity contribution in [2.45, 2.75) is 39.2 Å². The molecule has 1 unspecified atom stereocenters. The highest BCUT2D eigenvalue weighted by Gasteiger charge is 2.44. The molecular weight excluding hydrogens is 266 g/mol. The minimum atomic E-state index is -0.294. The highest BCUT2D eigenvalue weighted by molar-refractivity contribution is 5.83. The Labute approximate surface area is 129 Å². The lowest BCUT2D eigenvalue weighted by molar-refractivity contribution is -0.146. The third kappa shape index (κ3) is 3.58. The molecule has 2 fully saturated rings. The van der Waals surface area contributed by atoms with Gasteiger partial charge in [0.05, 0.1) is 12.0 Å².